The number of nitrogens with zero attached hydrogens (tertiary/aromatic N) is 1. The molecule has 1 aliphatic heterocycles. The zero-order valence-corrected chi connectivity index (χ0v) is 13.7. The number of hydrogen-bond acceptors (Lipinski definition) is 7. The van der Waals surface area contributed by atoms with E-state index < -0.39 is 24.0 Å². The molecular weight excluding hydrogens is 314 g/mol. The Hall–Kier alpha value is -1.96. The topological polar surface area (TPSA) is 85.3 Å². The van der Waals surface area contributed by atoms with Crippen LogP contribution in [0.15, 0.2) is 30.3 Å². The van der Waals surface area contributed by atoms with Crippen LogP contribution in [-0.4, -0.2) is 61.1 Å². The Labute approximate surface area is 141 Å². The Morgan fingerprint density at radius 2 is 1.88 bits per heavy atom. The van der Waals surface area contributed by atoms with Crippen molar-refractivity contribution in [1.82, 2.24) is 5.06 Å². The summed E-state index contributed by atoms with van der Waals surface area (Å²) in [7, 11) is 0. The van der Waals surface area contributed by atoms with E-state index in [0.29, 0.717) is 26.3 Å². The molecule has 1 heterocycles. The Morgan fingerprint density at radius 1 is 1.21 bits per heavy atom. The first-order valence-electron chi connectivity index (χ1n) is 8.05. The lowest BCUT2D eigenvalue weighted by Crippen LogP contribution is -2.44. The molecule has 7 heteroatoms. The summed E-state index contributed by atoms with van der Waals surface area (Å²) in [5.41, 5.74) is 0.828. The standard InChI is InChI=1S/C17H23NO6/c1-2-23-16(20)14(12-13-6-4-3-5-7-13)15(19)17(21)24-18-8-10-22-11-9-18/h3-7,14-15,19H,2,8-12H2,1H3/t14-,15+/m1/s1. The van der Waals surface area contributed by atoms with Crippen molar-refractivity contribution >= 4 is 11.9 Å². The number of carbonyl (C=O) groups excluding carboxylic acids is 2. The van der Waals surface area contributed by atoms with E-state index in [-0.39, 0.29) is 13.0 Å². The van der Waals surface area contributed by atoms with Crippen LogP contribution in [0.4, 0.5) is 0 Å². The number of aliphatic hydroxyl groups is 1. The lowest BCUT2D eigenvalue weighted by atomic mass is 9.94. The van der Waals surface area contributed by atoms with Crippen molar-refractivity contribution in [2.24, 2.45) is 5.92 Å². The first-order chi connectivity index (χ1) is 11.6. The zero-order valence-electron chi connectivity index (χ0n) is 13.7. The third-order valence-electron chi connectivity index (χ3n) is 3.70. The van der Waals surface area contributed by atoms with Gasteiger partial charge in [-0.05, 0) is 18.9 Å². The molecule has 2 rings (SSSR count). The monoisotopic (exact) mass is 337 g/mol. The molecule has 0 aromatic heterocycles. The molecule has 0 bridgehead atoms. The number of hydrogen-bond donors (Lipinski definition) is 1. The molecule has 1 fully saturated rings. The van der Waals surface area contributed by atoms with Crippen molar-refractivity contribution in [3.05, 3.63) is 35.9 Å². The molecule has 132 valence electrons. The summed E-state index contributed by atoms with van der Waals surface area (Å²) in [4.78, 5) is 29.5. The van der Waals surface area contributed by atoms with E-state index in [1.165, 1.54) is 5.06 Å². The molecule has 1 aliphatic rings. The molecule has 1 aromatic rings. The van der Waals surface area contributed by atoms with Crippen LogP contribution in [0.3, 0.4) is 0 Å². The number of rotatable bonds is 7. The third-order valence-corrected chi connectivity index (χ3v) is 3.70. The van der Waals surface area contributed by atoms with Gasteiger partial charge in [0.15, 0.2) is 6.10 Å². The number of hydroxylamine groups is 2. The highest BCUT2D eigenvalue weighted by atomic mass is 16.7. The summed E-state index contributed by atoms with van der Waals surface area (Å²) in [6.45, 7) is 3.62. The predicted molar refractivity (Wildman–Crippen MR) is 84.8 cm³/mol. The quantitative estimate of drug-likeness (QED) is 0.728. The number of benzene rings is 1. The van der Waals surface area contributed by atoms with Crippen molar-refractivity contribution < 1.29 is 29.0 Å². The van der Waals surface area contributed by atoms with Crippen LogP contribution in [0.2, 0.25) is 0 Å². The minimum atomic E-state index is -1.59. The predicted octanol–water partition coefficient (Wildman–Crippen LogP) is 0.560. The molecule has 0 spiro atoms. The maximum atomic E-state index is 12.2. The number of aliphatic hydroxyl groups excluding tert-OH is 1. The molecule has 0 unspecified atom stereocenters. The second kappa shape index (κ2) is 9.36. The maximum Gasteiger partial charge on any atom is 0.354 e. The van der Waals surface area contributed by atoms with Crippen molar-refractivity contribution in [2.45, 2.75) is 19.4 Å². The fraction of sp³-hybridized carbons (Fsp3) is 0.529. The Morgan fingerprint density at radius 3 is 2.50 bits per heavy atom. The lowest BCUT2D eigenvalue weighted by Gasteiger charge is -2.27. The smallest absolute Gasteiger partial charge is 0.354 e. The lowest BCUT2D eigenvalue weighted by molar-refractivity contribution is -0.217. The summed E-state index contributed by atoms with van der Waals surface area (Å²) in [6, 6.07) is 9.16. The van der Waals surface area contributed by atoms with E-state index in [1.807, 2.05) is 30.3 Å². The van der Waals surface area contributed by atoms with Crippen molar-refractivity contribution in [3.8, 4) is 0 Å². The van der Waals surface area contributed by atoms with Gasteiger partial charge in [-0.3, -0.25) is 4.79 Å². The van der Waals surface area contributed by atoms with E-state index in [1.54, 1.807) is 6.92 Å². The fourth-order valence-corrected chi connectivity index (χ4v) is 2.42. The molecule has 2 atom stereocenters. The summed E-state index contributed by atoms with van der Waals surface area (Å²) in [5.74, 6) is -2.49. The van der Waals surface area contributed by atoms with Gasteiger partial charge in [0.1, 0.15) is 0 Å². The summed E-state index contributed by atoms with van der Waals surface area (Å²) in [5, 5.41) is 11.8. The van der Waals surface area contributed by atoms with Gasteiger partial charge in [-0.2, -0.15) is 0 Å². The number of carbonyl (C=O) groups is 2. The van der Waals surface area contributed by atoms with Crippen LogP contribution in [0.5, 0.6) is 0 Å². The second-order valence-electron chi connectivity index (χ2n) is 5.44. The van der Waals surface area contributed by atoms with Crippen LogP contribution >= 0.6 is 0 Å². The number of ether oxygens (including phenoxy) is 2. The van der Waals surface area contributed by atoms with Crippen LogP contribution < -0.4 is 0 Å². The van der Waals surface area contributed by atoms with Gasteiger partial charge in [-0.15, -0.1) is 5.06 Å². The van der Waals surface area contributed by atoms with E-state index >= 15 is 0 Å². The Bertz CT molecular complexity index is 529. The number of esters is 1. The van der Waals surface area contributed by atoms with Crippen LogP contribution in [0, 0.1) is 5.92 Å². The highest BCUT2D eigenvalue weighted by molar-refractivity contribution is 5.83. The molecule has 1 aromatic carbocycles. The van der Waals surface area contributed by atoms with Crippen molar-refractivity contribution in [1.29, 1.82) is 0 Å². The molecule has 1 N–H and O–H groups in total. The molecule has 0 aliphatic carbocycles. The Balaban J connectivity index is 2.03. The normalized spacial score (nSPS) is 17.8. The molecule has 0 saturated carbocycles. The molecule has 1 saturated heterocycles. The average molecular weight is 337 g/mol. The van der Waals surface area contributed by atoms with Crippen LogP contribution in [-0.2, 0) is 30.3 Å². The average Bonchev–Trinajstić information content (AvgIpc) is 2.61. The van der Waals surface area contributed by atoms with E-state index in [2.05, 4.69) is 0 Å². The minimum Gasteiger partial charge on any atom is -0.466 e. The highest BCUT2D eigenvalue weighted by Gasteiger charge is 2.36. The summed E-state index contributed by atoms with van der Waals surface area (Å²) >= 11 is 0. The van der Waals surface area contributed by atoms with Gasteiger partial charge < -0.3 is 19.4 Å². The second-order valence-corrected chi connectivity index (χ2v) is 5.44. The van der Waals surface area contributed by atoms with E-state index in [9.17, 15) is 14.7 Å². The van der Waals surface area contributed by atoms with Crippen molar-refractivity contribution in [3.63, 3.8) is 0 Å². The van der Waals surface area contributed by atoms with Crippen LogP contribution in [0.1, 0.15) is 12.5 Å². The van der Waals surface area contributed by atoms with Crippen molar-refractivity contribution in [2.75, 3.05) is 32.9 Å². The van der Waals surface area contributed by atoms with Gasteiger partial charge in [0.2, 0.25) is 0 Å². The van der Waals surface area contributed by atoms with Gasteiger partial charge >= 0.3 is 11.9 Å². The SMILES string of the molecule is CCOC(=O)[C@H](Cc1ccccc1)[C@H](O)C(=O)ON1CCOCC1. The summed E-state index contributed by atoms with van der Waals surface area (Å²) in [6.07, 6.45) is -1.40. The minimum absolute atomic E-state index is 0.176. The van der Waals surface area contributed by atoms with E-state index in [0.717, 1.165) is 5.56 Å². The van der Waals surface area contributed by atoms with Gasteiger partial charge in [0, 0.05) is 0 Å². The van der Waals surface area contributed by atoms with Gasteiger partial charge in [-0.25, -0.2) is 4.79 Å². The third kappa shape index (κ3) is 5.30. The Kier molecular flexibility index (Phi) is 7.17. The summed E-state index contributed by atoms with van der Waals surface area (Å²) < 4.78 is 10.2. The van der Waals surface area contributed by atoms with E-state index in [4.69, 9.17) is 14.3 Å². The van der Waals surface area contributed by atoms with Gasteiger partial charge in [-0.1, -0.05) is 30.3 Å². The fourth-order valence-electron chi connectivity index (χ4n) is 2.42. The first kappa shape index (κ1) is 18.4. The molecule has 0 amide bonds. The molecular formula is C17H23NO6. The number of morpholine rings is 1. The van der Waals surface area contributed by atoms with Crippen LogP contribution in [0.25, 0.3) is 0 Å². The molecule has 0 radical (unpaired) electrons. The molecule has 24 heavy (non-hydrogen) atoms. The largest absolute Gasteiger partial charge is 0.466 e. The highest BCUT2D eigenvalue weighted by Crippen LogP contribution is 2.17. The van der Waals surface area contributed by atoms with Gasteiger partial charge in [0.25, 0.3) is 0 Å². The van der Waals surface area contributed by atoms with Gasteiger partial charge in [0.05, 0.1) is 38.8 Å². The molecule has 7 nitrogen and oxygen atoms in total. The zero-order chi connectivity index (χ0) is 17.4. The first-order valence-corrected chi connectivity index (χ1v) is 8.05. The maximum absolute atomic E-state index is 12.2.